The number of Topliss-reactive ketones (excluding diaryl/α,β-unsaturated/α-hetero) is 1. The lowest BCUT2D eigenvalue weighted by molar-refractivity contribution is 0.102. The highest BCUT2D eigenvalue weighted by Gasteiger charge is 2.10. The van der Waals surface area contributed by atoms with E-state index in [2.05, 4.69) is 9.97 Å². The van der Waals surface area contributed by atoms with Crippen molar-refractivity contribution in [1.29, 1.82) is 0 Å². The molecule has 3 aromatic rings. The van der Waals surface area contributed by atoms with Crippen LogP contribution in [-0.4, -0.2) is 28.6 Å². The van der Waals surface area contributed by atoms with Gasteiger partial charge < -0.3 is 4.74 Å². The number of ether oxygens (including phenoxy) is 1. The highest BCUT2D eigenvalue weighted by atomic mass is 32.2. The summed E-state index contributed by atoms with van der Waals surface area (Å²) in [5, 5.41) is 0.612. The predicted molar refractivity (Wildman–Crippen MR) is 100 cm³/mol. The highest BCUT2D eigenvalue weighted by Crippen LogP contribution is 2.22. The van der Waals surface area contributed by atoms with Crippen molar-refractivity contribution in [3.8, 4) is 17.0 Å². The fraction of sp³-hybridized carbons (Fsp3) is 0.150. The molecular weight excluding hydrogens is 332 g/mol. The lowest BCUT2D eigenvalue weighted by Crippen LogP contribution is -2.03. The number of hydrogen-bond acceptors (Lipinski definition) is 5. The van der Waals surface area contributed by atoms with Crippen molar-refractivity contribution in [2.24, 2.45) is 0 Å². The number of nitrogens with zero attached hydrogens (tertiary/aromatic N) is 2. The van der Waals surface area contributed by atoms with Gasteiger partial charge in [-0.05, 0) is 37.3 Å². The summed E-state index contributed by atoms with van der Waals surface area (Å²) in [6, 6.07) is 19.0. The van der Waals surface area contributed by atoms with Crippen LogP contribution in [0.5, 0.6) is 5.75 Å². The van der Waals surface area contributed by atoms with E-state index in [1.165, 1.54) is 11.8 Å². The molecule has 126 valence electrons. The molecule has 0 N–H and O–H groups in total. The topological polar surface area (TPSA) is 52.1 Å². The number of aromatic nitrogens is 2. The van der Waals surface area contributed by atoms with Gasteiger partial charge in [0.1, 0.15) is 5.75 Å². The normalized spacial score (nSPS) is 10.5. The van der Waals surface area contributed by atoms with E-state index in [0.29, 0.717) is 16.5 Å². The quantitative estimate of drug-likeness (QED) is 0.374. The number of benzene rings is 2. The van der Waals surface area contributed by atoms with Gasteiger partial charge in [-0.3, -0.25) is 4.79 Å². The molecule has 0 atom stereocenters. The first-order chi connectivity index (χ1) is 12.2. The molecule has 25 heavy (non-hydrogen) atoms. The van der Waals surface area contributed by atoms with Gasteiger partial charge in [0, 0.05) is 16.8 Å². The summed E-state index contributed by atoms with van der Waals surface area (Å²) in [6.07, 6.45) is 0. The van der Waals surface area contributed by atoms with Crippen molar-refractivity contribution in [2.45, 2.75) is 12.1 Å². The lowest BCUT2D eigenvalue weighted by Gasteiger charge is -2.06. The largest absolute Gasteiger partial charge is 0.497 e. The average molecular weight is 350 g/mol. The van der Waals surface area contributed by atoms with Crippen LogP contribution < -0.4 is 4.74 Å². The van der Waals surface area contributed by atoms with Gasteiger partial charge in [0.05, 0.1) is 18.6 Å². The van der Waals surface area contributed by atoms with Crippen LogP contribution in [-0.2, 0) is 0 Å². The van der Waals surface area contributed by atoms with Crippen molar-refractivity contribution in [3.63, 3.8) is 0 Å². The van der Waals surface area contributed by atoms with Crippen molar-refractivity contribution in [2.75, 3.05) is 12.9 Å². The molecule has 0 radical (unpaired) electrons. The number of hydrogen-bond donors (Lipinski definition) is 0. The van der Waals surface area contributed by atoms with Gasteiger partial charge in [-0.25, -0.2) is 9.97 Å². The summed E-state index contributed by atoms with van der Waals surface area (Å²) in [7, 11) is 1.60. The van der Waals surface area contributed by atoms with E-state index in [0.717, 1.165) is 22.7 Å². The van der Waals surface area contributed by atoms with E-state index < -0.39 is 0 Å². The summed E-state index contributed by atoms with van der Waals surface area (Å²) < 4.78 is 5.11. The lowest BCUT2D eigenvalue weighted by atomic mass is 10.1. The van der Waals surface area contributed by atoms with Gasteiger partial charge in [0.2, 0.25) is 0 Å². The molecule has 0 saturated carbocycles. The number of carbonyl (C=O) groups is 1. The molecule has 0 aliphatic rings. The highest BCUT2D eigenvalue weighted by molar-refractivity contribution is 7.99. The first-order valence-electron chi connectivity index (χ1n) is 7.87. The second kappa shape index (κ2) is 7.94. The molecule has 4 nitrogen and oxygen atoms in total. The summed E-state index contributed by atoms with van der Waals surface area (Å²) in [5.41, 5.74) is 3.45. The minimum absolute atomic E-state index is 0.0408. The van der Waals surface area contributed by atoms with Crippen molar-refractivity contribution < 1.29 is 9.53 Å². The molecule has 0 aliphatic heterocycles. The zero-order chi connectivity index (χ0) is 17.6. The summed E-state index contributed by atoms with van der Waals surface area (Å²) in [6.45, 7) is 1.93. The summed E-state index contributed by atoms with van der Waals surface area (Å²) >= 11 is 1.35. The van der Waals surface area contributed by atoms with Crippen molar-refractivity contribution >= 4 is 17.5 Å². The minimum Gasteiger partial charge on any atom is -0.497 e. The number of carbonyl (C=O) groups excluding carboxylic acids is 1. The summed E-state index contributed by atoms with van der Waals surface area (Å²) in [5.74, 6) is 1.07. The van der Waals surface area contributed by atoms with Crippen molar-refractivity contribution in [3.05, 3.63) is 71.9 Å². The molecule has 1 aromatic heterocycles. The maximum Gasteiger partial charge on any atom is 0.188 e. The van der Waals surface area contributed by atoms with Crippen LogP contribution in [0.2, 0.25) is 0 Å². The van der Waals surface area contributed by atoms with Crippen LogP contribution in [0.25, 0.3) is 11.3 Å². The third kappa shape index (κ3) is 4.45. The second-order valence-electron chi connectivity index (χ2n) is 5.48. The van der Waals surface area contributed by atoms with Crippen molar-refractivity contribution in [1.82, 2.24) is 9.97 Å². The van der Waals surface area contributed by atoms with E-state index in [4.69, 9.17) is 4.74 Å². The van der Waals surface area contributed by atoms with E-state index >= 15 is 0 Å². The number of rotatable bonds is 6. The first-order valence-corrected chi connectivity index (χ1v) is 8.85. The second-order valence-corrected chi connectivity index (χ2v) is 6.43. The number of thioether (sulfide) groups is 1. The maximum absolute atomic E-state index is 12.3. The van der Waals surface area contributed by atoms with E-state index in [-0.39, 0.29) is 5.78 Å². The third-order valence-electron chi connectivity index (χ3n) is 3.65. The SMILES string of the molecule is COc1ccc(C(=O)CSc2nc(C)cc(-c3ccccc3)n2)cc1. The number of ketones is 1. The Bertz CT molecular complexity index is 865. The minimum atomic E-state index is 0.0408. The molecule has 0 amide bonds. The maximum atomic E-state index is 12.3. The molecule has 0 aliphatic carbocycles. The molecule has 5 heteroatoms. The Hall–Kier alpha value is -2.66. The van der Waals surface area contributed by atoms with Gasteiger partial charge in [-0.15, -0.1) is 0 Å². The van der Waals surface area contributed by atoms with Crippen LogP contribution in [0.15, 0.2) is 65.8 Å². The monoisotopic (exact) mass is 350 g/mol. The van der Waals surface area contributed by atoms with Gasteiger partial charge in [0.15, 0.2) is 10.9 Å². The summed E-state index contributed by atoms with van der Waals surface area (Å²) in [4.78, 5) is 21.3. The average Bonchev–Trinajstić information content (AvgIpc) is 2.66. The first kappa shape index (κ1) is 17.2. The molecule has 3 rings (SSSR count). The van der Waals surface area contributed by atoms with Gasteiger partial charge in [0.25, 0.3) is 0 Å². The molecule has 2 aromatic carbocycles. The smallest absolute Gasteiger partial charge is 0.188 e. The molecule has 0 spiro atoms. The molecule has 0 unspecified atom stereocenters. The molecule has 0 saturated heterocycles. The Morgan fingerprint density at radius 2 is 1.76 bits per heavy atom. The van der Waals surface area contributed by atoms with Gasteiger partial charge in [-0.2, -0.15) is 0 Å². The van der Waals surface area contributed by atoms with E-state index in [1.807, 2.05) is 43.3 Å². The Kier molecular flexibility index (Phi) is 5.46. The third-order valence-corrected chi connectivity index (χ3v) is 4.49. The van der Waals surface area contributed by atoms with Crippen LogP contribution in [0, 0.1) is 6.92 Å². The predicted octanol–water partition coefficient (Wildman–Crippen LogP) is 4.44. The number of methoxy groups -OCH3 is 1. The molecule has 0 bridgehead atoms. The Morgan fingerprint density at radius 3 is 2.44 bits per heavy atom. The Morgan fingerprint density at radius 1 is 1.04 bits per heavy atom. The molecule has 1 heterocycles. The van der Waals surface area contributed by atoms with Crippen LogP contribution in [0.1, 0.15) is 16.1 Å². The zero-order valence-corrected chi connectivity index (χ0v) is 14.9. The van der Waals surface area contributed by atoms with E-state index in [1.54, 1.807) is 31.4 Å². The Balaban J connectivity index is 1.72. The zero-order valence-electron chi connectivity index (χ0n) is 14.1. The Labute approximate surface area is 151 Å². The fourth-order valence-electron chi connectivity index (χ4n) is 2.35. The number of aryl methyl sites for hydroxylation is 1. The molecule has 0 fully saturated rings. The van der Waals surface area contributed by atoms with E-state index in [9.17, 15) is 4.79 Å². The van der Waals surface area contributed by atoms with Gasteiger partial charge in [-0.1, -0.05) is 42.1 Å². The van der Waals surface area contributed by atoms with Crippen LogP contribution >= 0.6 is 11.8 Å². The van der Waals surface area contributed by atoms with Crippen LogP contribution in [0.3, 0.4) is 0 Å². The molecular formula is C20H18N2O2S. The van der Waals surface area contributed by atoms with Gasteiger partial charge >= 0.3 is 0 Å². The fourth-order valence-corrected chi connectivity index (χ4v) is 3.15. The van der Waals surface area contributed by atoms with Crippen LogP contribution in [0.4, 0.5) is 0 Å². The standard InChI is InChI=1S/C20H18N2O2S/c1-14-12-18(15-6-4-3-5-7-15)22-20(21-14)25-13-19(23)16-8-10-17(24-2)11-9-16/h3-12H,13H2,1-2H3.